The van der Waals surface area contributed by atoms with Gasteiger partial charge in [0, 0.05) is 15.5 Å². The van der Waals surface area contributed by atoms with Gasteiger partial charge in [-0.1, -0.05) is 41.9 Å². The molecule has 8 nitrogen and oxygen atoms in total. The van der Waals surface area contributed by atoms with Gasteiger partial charge >= 0.3 is 5.97 Å². The van der Waals surface area contributed by atoms with Crippen LogP contribution in [0, 0.1) is 0 Å². The Morgan fingerprint density at radius 2 is 1.84 bits per heavy atom. The molecule has 0 bridgehead atoms. The molecule has 0 radical (unpaired) electrons. The monoisotopic (exact) mass is 490 g/mol. The van der Waals surface area contributed by atoms with Gasteiger partial charge < -0.3 is 15.5 Å². The van der Waals surface area contributed by atoms with Crippen LogP contribution in [0.4, 0.5) is 0 Å². The van der Waals surface area contributed by atoms with Crippen molar-refractivity contribution in [3.63, 3.8) is 0 Å². The molecule has 0 aliphatic carbocycles. The Hall–Kier alpha value is -3.21. The third-order valence-corrected chi connectivity index (χ3v) is 7.83. The molecular weight excluding hydrogens is 476 g/mol. The van der Waals surface area contributed by atoms with Crippen molar-refractivity contribution in [2.75, 3.05) is 6.54 Å². The van der Waals surface area contributed by atoms with Gasteiger partial charge in [-0.25, -0.2) is 13.4 Å². The van der Waals surface area contributed by atoms with E-state index in [0.29, 0.717) is 21.0 Å². The number of amides is 1. The summed E-state index contributed by atoms with van der Waals surface area (Å²) in [5.41, 5.74) is 0.240. The Morgan fingerprint density at radius 3 is 2.53 bits per heavy atom. The topological polar surface area (TPSA) is 134 Å². The minimum atomic E-state index is -3.65. The highest BCUT2D eigenvalue weighted by Crippen LogP contribution is 2.43. The smallest absolute Gasteiger partial charge is 0.322 e. The molecule has 0 spiro atoms. The van der Waals surface area contributed by atoms with Crippen molar-refractivity contribution in [1.29, 1.82) is 0 Å². The van der Waals surface area contributed by atoms with Crippen LogP contribution in [0.15, 0.2) is 53.4 Å². The molecule has 2 aromatic carbocycles. The number of rotatable bonds is 6. The fourth-order valence-corrected chi connectivity index (χ4v) is 6.07. The molecule has 0 aliphatic heterocycles. The van der Waals surface area contributed by atoms with Gasteiger partial charge in [0.25, 0.3) is 5.91 Å². The molecule has 1 amide bonds. The molecule has 0 saturated heterocycles. The zero-order valence-corrected chi connectivity index (χ0v) is 18.6. The molecule has 164 valence electrons. The number of fused-ring (bicyclic) bond motifs is 3. The largest absolute Gasteiger partial charge is 0.504 e. The Labute approximate surface area is 191 Å². The first-order valence-corrected chi connectivity index (χ1v) is 12.0. The van der Waals surface area contributed by atoms with Crippen LogP contribution in [-0.2, 0) is 20.4 Å². The third kappa shape index (κ3) is 4.12. The van der Waals surface area contributed by atoms with Crippen molar-refractivity contribution in [2.45, 2.75) is 10.6 Å². The van der Waals surface area contributed by atoms with Crippen LogP contribution < -0.4 is 5.32 Å². The number of aromatic hydroxyl groups is 1. The van der Waals surface area contributed by atoms with Crippen LogP contribution in [0.3, 0.4) is 0 Å². The van der Waals surface area contributed by atoms with Crippen LogP contribution in [0.1, 0.15) is 16.1 Å². The number of carboxylic acids is 1. The second kappa shape index (κ2) is 8.38. The van der Waals surface area contributed by atoms with E-state index in [9.17, 15) is 23.1 Å². The number of sulfone groups is 1. The summed E-state index contributed by atoms with van der Waals surface area (Å²) in [6.45, 7) is -0.648. The van der Waals surface area contributed by atoms with Gasteiger partial charge in [-0.15, -0.1) is 11.3 Å². The highest BCUT2D eigenvalue weighted by molar-refractivity contribution is 7.90. The Morgan fingerprint density at radius 1 is 1.12 bits per heavy atom. The lowest BCUT2D eigenvalue weighted by atomic mass is 10.1. The van der Waals surface area contributed by atoms with E-state index in [1.165, 1.54) is 12.1 Å². The molecule has 2 heterocycles. The zero-order valence-electron chi connectivity index (χ0n) is 16.2. The number of benzene rings is 2. The molecule has 0 unspecified atom stereocenters. The summed E-state index contributed by atoms with van der Waals surface area (Å²) in [5, 5.41) is 22.1. The maximum atomic E-state index is 12.9. The van der Waals surface area contributed by atoms with Gasteiger partial charge in [0.05, 0.1) is 15.3 Å². The summed E-state index contributed by atoms with van der Waals surface area (Å²) < 4.78 is 26.7. The van der Waals surface area contributed by atoms with Crippen molar-refractivity contribution < 1.29 is 28.2 Å². The normalized spacial score (nSPS) is 11.7. The van der Waals surface area contributed by atoms with Crippen LogP contribution in [-0.4, -0.2) is 42.0 Å². The van der Waals surface area contributed by atoms with Crippen molar-refractivity contribution in [1.82, 2.24) is 10.3 Å². The number of carboxylic acid groups (broad SMARTS) is 1. The summed E-state index contributed by atoms with van der Waals surface area (Å²) in [5.74, 6) is -2.78. The van der Waals surface area contributed by atoms with Crippen molar-refractivity contribution in [2.24, 2.45) is 0 Å². The number of nitrogens with zero attached hydrogens (tertiary/aromatic N) is 1. The summed E-state index contributed by atoms with van der Waals surface area (Å²) in [6, 6.07) is 13.4. The minimum Gasteiger partial charge on any atom is -0.504 e. The predicted octanol–water partition coefficient (Wildman–Crippen LogP) is 3.60. The van der Waals surface area contributed by atoms with Gasteiger partial charge in [-0.3, -0.25) is 9.59 Å². The number of pyridine rings is 1. The average Bonchev–Trinajstić information content (AvgIpc) is 3.14. The third-order valence-electron chi connectivity index (χ3n) is 4.69. The van der Waals surface area contributed by atoms with Crippen molar-refractivity contribution >= 4 is 64.8 Å². The van der Waals surface area contributed by atoms with Gasteiger partial charge in [-0.05, 0) is 23.8 Å². The molecule has 0 fully saturated rings. The van der Waals surface area contributed by atoms with Crippen LogP contribution in [0.2, 0.25) is 5.15 Å². The second-order valence-electron chi connectivity index (χ2n) is 6.89. The summed E-state index contributed by atoms with van der Waals surface area (Å²) in [6.07, 6.45) is 0. The number of thiophene rings is 1. The first-order valence-electron chi connectivity index (χ1n) is 9.19. The van der Waals surface area contributed by atoms with E-state index in [4.69, 9.17) is 16.7 Å². The number of aliphatic carboxylic acids is 1. The lowest BCUT2D eigenvalue weighted by molar-refractivity contribution is -0.135. The number of hydrogen-bond donors (Lipinski definition) is 3. The summed E-state index contributed by atoms with van der Waals surface area (Å²) in [4.78, 5) is 26.9. The van der Waals surface area contributed by atoms with E-state index in [2.05, 4.69) is 10.3 Å². The van der Waals surface area contributed by atoms with E-state index in [1.807, 2.05) is 0 Å². The van der Waals surface area contributed by atoms with E-state index in [-0.39, 0.29) is 20.5 Å². The lowest BCUT2D eigenvalue weighted by Gasteiger charge is -2.07. The van der Waals surface area contributed by atoms with E-state index >= 15 is 0 Å². The molecule has 11 heteroatoms. The van der Waals surface area contributed by atoms with Crippen LogP contribution in [0.5, 0.6) is 5.75 Å². The molecule has 2 aromatic heterocycles. The molecule has 4 rings (SSSR count). The highest BCUT2D eigenvalue weighted by atomic mass is 35.5. The predicted molar refractivity (Wildman–Crippen MR) is 121 cm³/mol. The molecule has 0 atom stereocenters. The van der Waals surface area contributed by atoms with E-state index in [0.717, 1.165) is 11.3 Å². The van der Waals surface area contributed by atoms with Gasteiger partial charge in [0.2, 0.25) is 0 Å². The minimum absolute atomic E-state index is 0.0902. The summed E-state index contributed by atoms with van der Waals surface area (Å²) >= 11 is 7.41. The quantitative estimate of drug-likeness (QED) is 0.351. The molecular formula is C21H15ClN2O6S2. The fraction of sp³-hybridized carbons (Fsp3) is 0.0952. The average molecular weight is 491 g/mol. The van der Waals surface area contributed by atoms with Crippen LogP contribution in [0.25, 0.3) is 20.2 Å². The molecule has 0 aliphatic rings. The first kappa shape index (κ1) is 22.0. The van der Waals surface area contributed by atoms with Gasteiger partial charge in [-0.2, -0.15) is 0 Å². The Bertz CT molecular complexity index is 1480. The molecule has 32 heavy (non-hydrogen) atoms. The molecule has 3 N–H and O–H groups in total. The van der Waals surface area contributed by atoms with E-state index < -0.39 is 39.7 Å². The summed E-state index contributed by atoms with van der Waals surface area (Å²) in [7, 11) is -3.65. The lowest BCUT2D eigenvalue weighted by Crippen LogP contribution is -2.30. The Balaban J connectivity index is 1.80. The van der Waals surface area contributed by atoms with Crippen molar-refractivity contribution in [3.8, 4) is 5.75 Å². The number of carbonyl (C=O) groups is 2. The molecule has 4 aromatic rings. The van der Waals surface area contributed by atoms with E-state index in [1.54, 1.807) is 36.4 Å². The standard InChI is InChI=1S/C21H15ClN2O6S2/c22-20-16-13-8-12(32(29,30)10-11-4-2-1-3-5-11)6-7-14(13)31-19(16)18(27)17(24-20)21(28)23-9-15(25)26/h1-8,27H,9-10H2,(H,23,28)(H,25,26). The van der Waals surface area contributed by atoms with Gasteiger partial charge in [0.1, 0.15) is 11.7 Å². The Kier molecular flexibility index (Phi) is 5.76. The SMILES string of the molecule is O=C(O)CNC(=O)c1nc(Cl)c2c(sc3ccc(S(=O)(=O)Cc4ccccc4)cc32)c1O. The van der Waals surface area contributed by atoms with Gasteiger partial charge in [0.15, 0.2) is 21.3 Å². The number of nitrogens with one attached hydrogen (secondary N) is 1. The number of aromatic nitrogens is 1. The first-order chi connectivity index (χ1) is 15.2. The number of halogens is 1. The number of carbonyl (C=O) groups excluding carboxylic acids is 1. The maximum absolute atomic E-state index is 12.9. The van der Waals surface area contributed by atoms with Crippen molar-refractivity contribution in [3.05, 3.63) is 64.9 Å². The zero-order chi connectivity index (χ0) is 23.0. The second-order valence-corrected chi connectivity index (χ2v) is 10.3. The highest BCUT2D eigenvalue weighted by Gasteiger charge is 2.24. The molecule has 0 saturated carbocycles. The number of hydrogen-bond acceptors (Lipinski definition) is 7. The fourth-order valence-electron chi connectivity index (χ4n) is 3.23. The van der Waals surface area contributed by atoms with Crippen LogP contribution >= 0.6 is 22.9 Å². The maximum Gasteiger partial charge on any atom is 0.322 e.